The third-order valence-corrected chi connectivity index (χ3v) is 3.55. The van der Waals surface area contributed by atoms with Crippen LogP contribution in [0.25, 0.3) is 0 Å². The van der Waals surface area contributed by atoms with E-state index in [0.29, 0.717) is 0 Å². The minimum atomic E-state index is -0.873. The zero-order valence-electron chi connectivity index (χ0n) is 11.9. The van der Waals surface area contributed by atoms with Crippen LogP contribution in [-0.4, -0.2) is 23.8 Å². The van der Waals surface area contributed by atoms with Crippen LogP contribution in [0.5, 0.6) is 0 Å². The first kappa shape index (κ1) is 14.5. The van der Waals surface area contributed by atoms with Gasteiger partial charge in [-0.2, -0.15) is 0 Å². The van der Waals surface area contributed by atoms with Crippen LogP contribution in [0.4, 0.5) is 0 Å². The molecule has 1 rings (SSSR count). The molecular formula is C14H24BO2. The molecule has 0 bridgehead atoms. The Balaban J connectivity index is 2.54. The summed E-state index contributed by atoms with van der Waals surface area (Å²) in [5.41, 5.74) is -0.166. The van der Waals surface area contributed by atoms with Crippen molar-refractivity contribution in [3.05, 3.63) is 23.7 Å². The molecule has 1 N–H and O–H groups in total. The summed E-state index contributed by atoms with van der Waals surface area (Å²) in [5, 5.41) is 9.98. The van der Waals surface area contributed by atoms with Crippen LogP contribution in [0.3, 0.4) is 0 Å². The van der Waals surface area contributed by atoms with Gasteiger partial charge in [0.15, 0.2) is 0 Å². The molecule has 0 atom stereocenters. The molecule has 1 aliphatic rings. The standard InChI is InChI=1S/C14H24BO2/c1-12(2)9-7-11(8-10-12)15-17-14(5,6)13(3,4)16/h7-9,16H,10H2,1-6H3. The van der Waals surface area contributed by atoms with E-state index in [1.807, 2.05) is 13.8 Å². The molecular weight excluding hydrogens is 211 g/mol. The van der Waals surface area contributed by atoms with E-state index in [9.17, 15) is 5.11 Å². The van der Waals surface area contributed by atoms with Gasteiger partial charge in [0.05, 0.1) is 11.2 Å². The highest BCUT2D eigenvalue weighted by Gasteiger charge is 2.35. The summed E-state index contributed by atoms with van der Waals surface area (Å²) in [4.78, 5) is 0. The molecule has 0 saturated heterocycles. The molecule has 0 aromatic rings. The van der Waals surface area contributed by atoms with E-state index in [2.05, 4.69) is 32.1 Å². The molecule has 0 heterocycles. The predicted octanol–water partition coefficient (Wildman–Crippen LogP) is 3.04. The van der Waals surface area contributed by atoms with Gasteiger partial charge in [-0.25, -0.2) is 0 Å². The molecule has 0 spiro atoms. The van der Waals surface area contributed by atoms with Crippen molar-refractivity contribution in [3.8, 4) is 0 Å². The van der Waals surface area contributed by atoms with Crippen molar-refractivity contribution in [2.24, 2.45) is 5.41 Å². The topological polar surface area (TPSA) is 29.5 Å². The van der Waals surface area contributed by atoms with Gasteiger partial charge >= 0.3 is 7.48 Å². The van der Waals surface area contributed by atoms with E-state index >= 15 is 0 Å². The second-order valence-electron chi connectivity index (χ2n) is 6.54. The lowest BCUT2D eigenvalue weighted by Crippen LogP contribution is -2.48. The highest BCUT2D eigenvalue weighted by molar-refractivity contribution is 6.39. The third kappa shape index (κ3) is 4.00. The fourth-order valence-electron chi connectivity index (χ4n) is 1.29. The summed E-state index contributed by atoms with van der Waals surface area (Å²) in [7, 11) is 1.74. The van der Waals surface area contributed by atoms with Crippen molar-refractivity contribution < 1.29 is 9.76 Å². The fraction of sp³-hybridized carbons (Fsp3) is 0.714. The van der Waals surface area contributed by atoms with E-state index < -0.39 is 11.2 Å². The largest absolute Gasteiger partial charge is 0.427 e. The second-order valence-corrected chi connectivity index (χ2v) is 6.54. The fourth-order valence-corrected chi connectivity index (χ4v) is 1.29. The Kier molecular flexibility index (Phi) is 3.95. The maximum atomic E-state index is 9.98. The maximum Gasteiger partial charge on any atom is 0.330 e. The van der Waals surface area contributed by atoms with Crippen LogP contribution in [0, 0.1) is 5.41 Å². The molecule has 2 nitrogen and oxygen atoms in total. The zero-order valence-corrected chi connectivity index (χ0v) is 11.9. The minimum Gasteiger partial charge on any atom is -0.427 e. The first-order valence-electron chi connectivity index (χ1n) is 6.16. The summed E-state index contributed by atoms with van der Waals surface area (Å²) >= 11 is 0. The van der Waals surface area contributed by atoms with Gasteiger partial charge in [0.1, 0.15) is 0 Å². The van der Waals surface area contributed by atoms with Gasteiger partial charge in [0, 0.05) is 0 Å². The lowest BCUT2D eigenvalue weighted by molar-refractivity contribution is -0.0896. The molecule has 1 aliphatic carbocycles. The van der Waals surface area contributed by atoms with Crippen molar-refractivity contribution in [1.82, 2.24) is 0 Å². The van der Waals surface area contributed by atoms with E-state index in [0.717, 1.165) is 11.9 Å². The van der Waals surface area contributed by atoms with Gasteiger partial charge in [-0.15, -0.1) is 0 Å². The number of allylic oxidation sites excluding steroid dienone is 4. The van der Waals surface area contributed by atoms with Crippen LogP contribution in [-0.2, 0) is 4.65 Å². The van der Waals surface area contributed by atoms with Gasteiger partial charge in [0.25, 0.3) is 0 Å². The zero-order chi connectivity index (χ0) is 13.3. The molecule has 0 aliphatic heterocycles. The first-order chi connectivity index (χ1) is 7.54. The Bertz CT molecular complexity index is 333. The molecule has 0 amide bonds. The van der Waals surface area contributed by atoms with Crippen molar-refractivity contribution in [3.63, 3.8) is 0 Å². The van der Waals surface area contributed by atoms with Gasteiger partial charge in [-0.05, 0) is 39.5 Å². The summed E-state index contributed by atoms with van der Waals surface area (Å²) in [6.45, 7) is 11.7. The normalized spacial score (nSPS) is 20.1. The molecule has 0 fully saturated rings. The van der Waals surface area contributed by atoms with Crippen LogP contribution in [0.15, 0.2) is 23.7 Å². The molecule has 95 valence electrons. The van der Waals surface area contributed by atoms with Crippen LogP contribution >= 0.6 is 0 Å². The van der Waals surface area contributed by atoms with Crippen LogP contribution in [0.1, 0.15) is 48.0 Å². The number of hydrogen-bond acceptors (Lipinski definition) is 2. The molecule has 0 unspecified atom stereocenters. The highest BCUT2D eigenvalue weighted by atomic mass is 16.5. The molecule has 1 radical (unpaired) electrons. The molecule has 0 aromatic heterocycles. The third-order valence-electron chi connectivity index (χ3n) is 3.55. The summed E-state index contributed by atoms with van der Waals surface area (Å²) in [6.07, 6.45) is 7.45. The van der Waals surface area contributed by atoms with E-state index in [4.69, 9.17) is 4.65 Å². The lowest BCUT2D eigenvalue weighted by Gasteiger charge is -2.38. The Labute approximate surface area is 106 Å². The van der Waals surface area contributed by atoms with Crippen molar-refractivity contribution in [2.75, 3.05) is 0 Å². The highest BCUT2D eigenvalue weighted by Crippen LogP contribution is 2.29. The molecule has 0 saturated carbocycles. The molecule has 3 heteroatoms. The van der Waals surface area contributed by atoms with Crippen molar-refractivity contribution >= 4 is 7.48 Å². The second kappa shape index (κ2) is 4.62. The van der Waals surface area contributed by atoms with Gasteiger partial charge < -0.3 is 9.76 Å². The first-order valence-corrected chi connectivity index (χ1v) is 6.16. The van der Waals surface area contributed by atoms with Gasteiger partial charge in [0.2, 0.25) is 0 Å². The smallest absolute Gasteiger partial charge is 0.330 e. The summed E-state index contributed by atoms with van der Waals surface area (Å²) < 4.78 is 5.71. The minimum absolute atomic E-state index is 0.239. The average Bonchev–Trinajstić information content (AvgIpc) is 2.14. The lowest BCUT2D eigenvalue weighted by atomic mass is 9.75. The predicted molar refractivity (Wildman–Crippen MR) is 72.8 cm³/mol. The van der Waals surface area contributed by atoms with E-state index in [1.165, 1.54) is 0 Å². The van der Waals surface area contributed by atoms with Crippen LogP contribution < -0.4 is 0 Å². The summed E-state index contributed by atoms with van der Waals surface area (Å²) in [5.74, 6) is 0. The summed E-state index contributed by atoms with van der Waals surface area (Å²) in [6, 6.07) is 0. The Morgan fingerprint density at radius 2 is 1.88 bits per heavy atom. The van der Waals surface area contributed by atoms with Gasteiger partial charge in [-0.1, -0.05) is 37.5 Å². The molecule has 0 aromatic carbocycles. The quantitative estimate of drug-likeness (QED) is 0.759. The Morgan fingerprint density at radius 1 is 1.29 bits per heavy atom. The maximum absolute atomic E-state index is 9.98. The van der Waals surface area contributed by atoms with Crippen molar-refractivity contribution in [1.29, 1.82) is 0 Å². The monoisotopic (exact) mass is 235 g/mol. The number of hydrogen-bond donors (Lipinski definition) is 1. The number of rotatable bonds is 4. The number of aliphatic hydroxyl groups is 1. The van der Waals surface area contributed by atoms with Crippen molar-refractivity contribution in [2.45, 2.75) is 59.2 Å². The van der Waals surface area contributed by atoms with Gasteiger partial charge in [-0.3, -0.25) is 0 Å². The Hall–Kier alpha value is -0.535. The van der Waals surface area contributed by atoms with E-state index in [1.54, 1.807) is 21.3 Å². The Morgan fingerprint density at radius 3 is 2.29 bits per heavy atom. The SMILES string of the molecule is CC1(C)C=CC([B]OC(C)(C)C(C)(C)O)=CC1. The van der Waals surface area contributed by atoms with E-state index in [-0.39, 0.29) is 5.41 Å². The average molecular weight is 235 g/mol. The molecule has 17 heavy (non-hydrogen) atoms. The van der Waals surface area contributed by atoms with Crippen LogP contribution in [0.2, 0.25) is 0 Å².